The van der Waals surface area contributed by atoms with Crippen LogP contribution >= 0.6 is 0 Å². The molecule has 128 valence electrons. The predicted octanol–water partition coefficient (Wildman–Crippen LogP) is 3.43. The predicted molar refractivity (Wildman–Crippen MR) is 104 cm³/mol. The normalized spacial score (nSPS) is 15.5. The van der Waals surface area contributed by atoms with Crippen molar-refractivity contribution in [2.24, 2.45) is 0 Å². The molecule has 1 saturated heterocycles. The molecule has 0 amide bonds. The van der Waals surface area contributed by atoms with Crippen LogP contribution in [0.15, 0.2) is 48.5 Å². The van der Waals surface area contributed by atoms with E-state index in [1.165, 1.54) is 5.56 Å². The molecule has 2 aromatic carbocycles. The van der Waals surface area contributed by atoms with Crippen molar-refractivity contribution in [3.63, 3.8) is 0 Å². The third-order valence-electron chi connectivity index (χ3n) is 4.69. The monoisotopic (exact) mass is 333 g/mol. The number of hydrogen-bond acceptors (Lipinski definition) is 5. The summed E-state index contributed by atoms with van der Waals surface area (Å²) in [6, 6.07) is 16.6. The van der Waals surface area contributed by atoms with E-state index in [0.29, 0.717) is 0 Å². The number of benzene rings is 2. The number of aromatic nitrogens is 2. The Morgan fingerprint density at radius 2 is 1.60 bits per heavy atom. The molecule has 0 bridgehead atoms. The fourth-order valence-corrected chi connectivity index (χ4v) is 3.08. The van der Waals surface area contributed by atoms with Gasteiger partial charge in [0.2, 0.25) is 5.95 Å². The van der Waals surface area contributed by atoms with Crippen LogP contribution in [-0.2, 0) is 0 Å². The molecule has 4 rings (SSSR count). The molecule has 0 atom stereocenters. The highest BCUT2D eigenvalue weighted by Crippen LogP contribution is 2.26. The maximum Gasteiger partial charge on any atom is 0.227 e. The van der Waals surface area contributed by atoms with Gasteiger partial charge in [-0.1, -0.05) is 29.8 Å². The lowest BCUT2D eigenvalue weighted by molar-refractivity contribution is 0.311. The van der Waals surface area contributed by atoms with Gasteiger partial charge in [-0.25, -0.2) is 4.98 Å². The summed E-state index contributed by atoms with van der Waals surface area (Å²) in [5.74, 6) is 1.67. The van der Waals surface area contributed by atoms with Gasteiger partial charge in [0.05, 0.1) is 5.52 Å². The van der Waals surface area contributed by atoms with Crippen LogP contribution in [-0.4, -0.2) is 48.1 Å². The lowest BCUT2D eigenvalue weighted by Crippen LogP contribution is -2.45. The summed E-state index contributed by atoms with van der Waals surface area (Å²) >= 11 is 0. The van der Waals surface area contributed by atoms with Crippen molar-refractivity contribution < 1.29 is 0 Å². The van der Waals surface area contributed by atoms with Gasteiger partial charge in [-0.2, -0.15) is 4.98 Å². The Morgan fingerprint density at radius 3 is 2.36 bits per heavy atom. The highest BCUT2D eigenvalue weighted by molar-refractivity contribution is 5.91. The van der Waals surface area contributed by atoms with Gasteiger partial charge in [-0.3, -0.25) is 0 Å². The van der Waals surface area contributed by atoms with Gasteiger partial charge in [-0.05, 0) is 38.2 Å². The standard InChI is InChI=1S/C20H23N5/c1-15-7-9-16(10-8-15)21-19-17-5-3-4-6-18(17)22-20(23-19)25-13-11-24(2)12-14-25/h3-10H,11-14H2,1-2H3,(H,21,22,23). The second-order valence-corrected chi connectivity index (χ2v) is 6.67. The summed E-state index contributed by atoms with van der Waals surface area (Å²) in [7, 11) is 2.16. The van der Waals surface area contributed by atoms with Crippen LogP contribution in [0.5, 0.6) is 0 Å². The first-order valence-corrected chi connectivity index (χ1v) is 8.73. The van der Waals surface area contributed by atoms with Gasteiger partial charge >= 0.3 is 0 Å². The van der Waals surface area contributed by atoms with E-state index in [2.05, 4.69) is 65.5 Å². The summed E-state index contributed by atoms with van der Waals surface area (Å²) in [6.45, 7) is 6.08. The number of likely N-dealkylation sites (N-methyl/N-ethyl adjacent to an activating group) is 1. The number of para-hydroxylation sites is 1. The highest BCUT2D eigenvalue weighted by atomic mass is 15.3. The van der Waals surface area contributed by atoms with Crippen LogP contribution in [0, 0.1) is 6.92 Å². The minimum atomic E-state index is 0.807. The average molecular weight is 333 g/mol. The molecular weight excluding hydrogens is 310 g/mol. The van der Waals surface area contributed by atoms with Crippen LogP contribution in [0.4, 0.5) is 17.5 Å². The van der Waals surface area contributed by atoms with Crippen molar-refractivity contribution in [3.05, 3.63) is 54.1 Å². The highest BCUT2D eigenvalue weighted by Gasteiger charge is 2.18. The summed E-state index contributed by atoms with van der Waals surface area (Å²) in [6.07, 6.45) is 0. The molecule has 1 aliphatic heterocycles. The van der Waals surface area contributed by atoms with Crippen molar-refractivity contribution in [2.75, 3.05) is 43.4 Å². The minimum absolute atomic E-state index is 0.807. The molecule has 5 heteroatoms. The Bertz CT molecular complexity index is 867. The van der Waals surface area contributed by atoms with Crippen LogP contribution in [0.1, 0.15) is 5.56 Å². The third-order valence-corrected chi connectivity index (χ3v) is 4.69. The van der Waals surface area contributed by atoms with Crippen molar-refractivity contribution in [2.45, 2.75) is 6.92 Å². The Balaban J connectivity index is 1.72. The van der Waals surface area contributed by atoms with Gasteiger partial charge < -0.3 is 15.1 Å². The molecule has 5 nitrogen and oxygen atoms in total. The van der Waals surface area contributed by atoms with E-state index >= 15 is 0 Å². The SMILES string of the molecule is Cc1ccc(Nc2nc(N3CCN(C)CC3)nc3ccccc23)cc1. The Hall–Kier alpha value is -2.66. The molecule has 0 unspecified atom stereocenters. The lowest BCUT2D eigenvalue weighted by Gasteiger charge is -2.32. The average Bonchev–Trinajstić information content (AvgIpc) is 2.64. The first-order chi connectivity index (χ1) is 12.2. The minimum Gasteiger partial charge on any atom is -0.340 e. The third kappa shape index (κ3) is 3.42. The van der Waals surface area contributed by atoms with Crippen molar-refractivity contribution in [1.29, 1.82) is 0 Å². The zero-order valence-electron chi connectivity index (χ0n) is 14.7. The summed E-state index contributed by atoms with van der Waals surface area (Å²) in [5, 5.41) is 4.52. The van der Waals surface area contributed by atoms with E-state index in [9.17, 15) is 0 Å². The molecule has 1 aliphatic rings. The van der Waals surface area contributed by atoms with E-state index in [1.807, 2.05) is 12.1 Å². The summed E-state index contributed by atoms with van der Waals surface area (Å²) in [4.78, 5) is 14.3. The quantitative estimate of drug-likeness (QED) is 0.795. The molecule has 1 N–H and O–H groups in total. The second kappa shape index (κ2) is 6.69. The number of rotatable bonds is 3. The smallest absolute Gasteiger partial charge is 0.227 e. The van der Waals surface area contributed by atoms with Crippen LogP contribution < -0.4 is 10.2 Å². The lowest BCUT2D eigenvalue weighted by atomic mass is 10.2. The molecule has 1 fully saturated rings. The van der Waals surface area contributed by atoms with Gasteiger partial charge in [-0.15, -0.1) is 0 Å². The Kier molecular flexibility index (Phi) is 4.24. The summed E-state index contributed by atoms with van der Waals surface area (Å²) < 4.78 is 0. The van der Waals surface area contributed by atoms with Crippen LogP contribution in [0.2, 0.25) is 0 Å². The molecule has 2 heterocycles. The number of anilines is 3. The number of hydrogen-bond donors (Lipinski definition) is 1. The van der Waals surface area contributed by atoms with E-state index in [4.69, 9.17) is 9.97 Å². The first-order valence-electron chi connectivity index (χ1n) is 8.73. The molecule has 0 aliphatic carbocycles. The largest absolute Gasteiger partial charge is 0.340 e. The van der Waals surface area contributed by atoms with Gasteiger partial charge in [0.1, 0.15) is 5.82 Å². The first kappa shape index (κ1) is 15.8. The van der Waals surface area contributed by atoms with Gasteiger partial charge in [0.15, 0.2) is 0 Å². The zero-order valence-corrected chi connectivity index (χ0v) is 14.7. The number of nitrogens with zero attached hydrogens (tertiary/aromatic N) is 4. The zero-order chi connectivity index (χ0) is 17.2. The number of nitrogens with one attached hydrogen (secondary N) is 1. The molecule has 0 spiro atoms. The number of piperazine rings is 1. The maximum absolute atomic E-state index is 4.85. The fraction of sp³-hybridized carbons (Fsp3) is 0.300. The van der Waals surface area contributed by atoms with Crippen molar-refractivity contribution in [1.82, 2.24) is 14.9 Å². The molecule has 0 radical (unpaired) electrons. The number of aryl methyl sites for hydroxylation is 1. The molecule has 1 aromatic heterocycles. The van der Waals surface area contributed by atoms with E-state index in [-0.39, 0.29) is 0 Å². The topological polar surface area (TPSA) is 44.3 Å². The van der Waals surface area contributed by atoms with E-state index in [0.717, 1.165) is 54.5 Å². The second-order valence-electron chi connectivity index (χ2n) is 6.67. The van der Waals surface area contributed by atoms with E-state index < -0.39 is 0 Å². The van der Waals surface area contributed by atoms with Gasteiger partial charge in [0.25, 0.3) is 0 Å². The van der Waals surface area contributed by atoms with Crippen LogP contribution in [0.25, 0.3) is 10.9 Å². The molecular formula is C20H23N5. The van der Waals surface area contributed by atoms with E-state index in [1.54, 1.807) is 0 Å². The van der Waals surface area contributed by atoms with Gasteiger partial charge in [0, 0.05) is 37.3 Å². The molecule has 25 heavy (non-hydrogen) atoms. The van der Waals surface area contributed by atoms with Crippen molar-refractivity contribution in [3.8, 4) is 0 Å². The number of fused-ring (bicyclic) bond motifs is 1. The fourth-order valence-electron chi connectivity index (χ4n) is 3.08. The van der Waals surface area contributed by atoms with Crippen molar-refractivity contribution >= 4 is 28.4 Å². The maximum atomic E-state index is 4.85. The molecule has 0 saturated carbocycles. The molecule has 3 aromatic rings. The Labute approximate surface area is 148 Å². The van der Waals surface area contributed by atoms with Crippen LogP contribution in [0.3, 0.4) is 0 Å². The summed E-state index contributed by atoms with van der Waals surface area (Å²) in [5.41, 5.74) is 3.26. The Morgan fingerprint density at radius 1 is 0.880 bits per heavy atom.